The highest BCUT2D eigenvalue weighted by Crippen LogP contribution is 1.96. The first-order valence-electron chi connectivity index (χ1n) is 4.66. The average Bonchev–Trinajstić information content (AvgIpc) is 2.00. The molecule has 0 saturated heterocycles. The lowest BCUT2D eigenvalue weighted by atomic mass is 10.1. The average molecular weight is 204 g/mol. The van der Waals surface area contributed by atoms with E-state index in [0.717, 1.165) is 0 Å². The molecular formula is C9H20N2O3. The number of hydrogen-bond donors (Lipinski definition) is 4. The monoisotopic (exact) mass is 204 g/mol. The van der Waals surface area contributed by atoms with Crippen LogP contribution in [-0.4, -0.2) is 47.5 Å². The quantitative estimate of drug-likeness (QED) is 0.455. The van der Waals surface area contributed by atoms with Gasteiger partial charge in [-0.3, -0.25) is 4.79 Å². The van der Waals surface area contributed by atoms with Crippen LogP contribution in [0.5, 0.6) is 0 Å². The van der Waals surface area contributed by atoms with E-state index in [-0.39, 0.29) is 31.1 Å². The Kier molecular flexibility index (Phi) is 5.68. The van der Waals surface area contributed by atoms with Crippen LogP contribution >= 0.6 is 0 Å². The summed E-state index contributed by atoms with van der Waals surface area (Å²) in [4.78, 5) is 11.2. The topological polar surface area (TPSA) is 81.6 Å². The molecule has 4 N–H and O–H groups in total. The molecule has 0 bridgehead atoms. The fourth-order valence-corrected chi connectivity index (χ4v) is 0.879. The van der Waals surface area contributed by atoms with Gasteiger partial charge < -0.3 is 20.8 Å². The lowest BCUT2D eigenvalue weighted by molar-refractivity contribution is -0.121. The third-order valence-electron chi connectivity index (χ3n) is 1.39. The Morgan fingerprint density at radius 1 is 1.43 bits per heavy atom. The van der Waals surface area contributed by atoms with E-state index >= 15 is 0 Å². The van der Waals surface area contributed by atoms with Crippen LogP contribution in [-0.2, 0) is 4.79 Å². The molecule has 0 aromatic heterocycles. The summed E-state index contributed by atoms with van der Waals surface area (Å²) < 4.78 is 0. The highest BCUT2D eigenvalue weighted by Gasteiger charge is 2.13. The number of carbonyl (C=O) groups excluding carboxylic acids is 1. The maximum Gasteiger partial charge on any atom is 0.234 e. The fourth-order valence-electron chi connectivity index (χ4n) is 0.879. The van der Waals surface area contributed by atoms with E-state index in [4.69, 9.17) is 10.2 Å². The molecule has 0 aliphatic rings. The summed E-state index contributed by atoms with van der Waals surface area (Å²) in [5.74, 6) is -0.123. The first-order valence-corrected chi connectivity index (χ1v) is 4.66. The molecule has 0 heterocycles. The Bertz CT molecular complexity index is 177. The van der Waals surface area contributed by atoms with Crippen LogP contribution in [0.1, 0.15) is 20.8 Å². The van der Waals surface area contributed by atoms with Crippen molar-refractivity contribution >= 4 is 5.91 Å². The Morgan fingerprint density at radius 3 is 2.43 bits per heavy atom. The lowest BCUT2D eigenvalue weighted by Gasteiger charge is -2.20. The fraction of sp³-hybridized carbons (Fsp3) is 0.889. The van der Waals surface area contributed by atoms with E-state index in [2.05, 4.69) is 10.6 Å². The van der Waals surface area contributed by atoms with E-state index in [9.17, 15) is 4.79 Å². The van der Waals surface area contributed by atoms with E-state index in [1.54, 1.807) is 0 Å². The molecule has 0 aromatic rings. The van der Waals surface area contributed by atoms with E-state index < -0.39 is 6.10 Å². The first kappa shape index (κ1) is 13.4. The maximum absolute atomic E-state index is 11.2. The van der Waals surface area contributed by atoms with E-state index in [0.29, 0.717) is 0 Å². The zero-order chi connectivity index (χ0) is 11.2. The van der Waals surface area contributed by atoms with Gasteiger partial charge in [-0.1, -0.05) is 0 Å². The van der Waals surface area contributed by atoms with Gasteiger partial charge in [0.05, 0.1) is 19.3 Å². The molecule has 0 fully saturated rings. The maximum atomic E-state index is 11.2. The normalized spacial score (nSPS) is 13.8. The summed E-state index contributed by atoms with van der Waals surface area (Å²) >= 11 is 0. The number of rotatable bonds is 5. The molecule has 1 atom stereocenters. The second-order valence-corrected chi connectivity index (χ2v) is 4.27. The molecule has 0 rings (SSSR count). The van der Waals surface area contributed by atoms with Crippen LogP contribution in [0.25, 0.3) is 0 Å². The second-order valence-electron chi connectivity index (χ2n) is 4.27. The predicted octanol–water partition coefficient (Wildman–Crippen LogP) is -1.16. The van der Waals surface area contributed by atoms with Crippen molar-refractivity contribution in [1.29, 1.82) is 0 Å². The Hall–Kier alpha value is -0.650. The minimum Gasteiger partial charge on any atom is -0.394 e. The van der Waals surface area contributed by atoms with Gasteiger partial charge in [-0.15, -0.1) is 0 Å². The zero-order valence-electron chi connectivity index (χ0n) is 9.00. The van der Waals surface area contributed by atoms with Crippen molar-refractivity contribution in [2.75, 3.05) is 19.7 Å². The smallest absolute Gasteiger partial charge is 0.234 e. The van der Waals surface area contributed by atoms with Crippen LogP contribution in [0, 0.1) is 0 Å². The largest absolute Gasteiger partial charge is 0.394 e. The van der Waals surface area contributed by atoms with Crippen molar-refractivity contribution in [3.05, 3.63) is 0 Å². The Labute approximate surface area is 84.5 Å². The summed E-state index contributed by atoms with van der Waals surface area (Å²) in [5.41, 5.74) is -0.242. The number of amides is 1. The van der Waals surface area contributed by atoms with Gasteiger partial charge in [-0.25, -0.2) is 0 Å². The molecular weight excluding hydrogens is 184 g/mol. The minimum absolute atomic E-state index is 0.123. The summed E-state index contributed by atoms with van der Waals surface area (Å²) in [6.07, 6.45) is -0.808. The minimum atomic E-state index is -0.808. The predicted molar refractivity (Wildman–Crippen MR) is 53.9 cm³/mol. The Morgan fingerprint density at radius 2 is 2.00 bits per heavy atom. The van der Waals surface area contributed by atoms with Gasteiger partial charge in [0.25, 0.3) is 0 Å². The SMILES string of the molecule is CC(C)(C)NC(=O)CNCC(O)CO. The third kappa shape index (κ3) is 7.97. The number of aliphatic hydroxyl groups excluding tert-OH is 2. The molecule has 14 heavy (non-hydrogen) atoms. The van der Waals surface area contributed by atoms with Crippen molar-refractivity contribution < 1.29 is 15.0 Å². The van der Waals surface area contributed by atoms with Crippen molar-refractivity contribution in [3.8, 4) is 0 Å². The molecule has 84 valence electrons. The summed E-state index contributed by atoms with van der Waals surface area (Å²) in [7, 11) is 0. The number of hydrogen-bond acceptors (Lipinski definition) is 4. The summed E-state index contributed by atoms with van der Waals surface area (Å²) in [5, 5.41) is 23.0. The lowest BCUT2D eigenvalue weighted by Crippen LogP contribution is -2.46. The van der Waals surface area contributed by atoms with Gasteiger partial charge in [0.15, 0.2) is 0 Å². The van der Waals surface area contributed by atoms with Crippen LogP contribution in [0.4, 0.5) is 0 Å². The van der Waals surface area contributed by atoms with Crippen molar-refractivity contribution in [3.63, 3.8) is 0 Å². The number of carbonyl (C=O) groups is 1. The highest BCUT2D eigenvalue weighted by atomic mass is 16.3. The van der Waals surface area contributed by atoms with E-state index in [1.807, 2.05) is 20.8 Å². The van der Waals surface area contributed by atoms with Gasteiger partial charge in [-0.05, 0) is 20.8 Å². The Balaban J connectivity index is 3.55. The molecule has 0 aliphatic carbocycles. The molecule has 5 heteroatoms. The van der Waals surface area contributed by atoms with Crippen LogP contribution in [0.2, 0.25) is 0 Å². The first-order chi connectivity index (χ1) is 6.35. The summed E-state index contributed by atoms with van der Waals surface area (Å²) in [6, 6.07) is 0. The van der Waals surface area contributed by atoms with Gasteiger partial charge in [0.1, 0.15) is 0 Å². The van der Waals surface area contributed by atoms with E-state index in [1.165, 1.54) is 0 Å². The van der Waals surface area contributed by atoms with Gasteiger partial charge in [0, 0.05) is 12.1 Å². The van der Waals surface area contributed by atoms with Crippen LogP contribution in [0.3, 0.4) is 0 Å². The molecule has 0 radical (unpaired) electrons. The van der Waals surface area contributed by atoms with Crippen molar-refractivity contribution in [2.45, 2.75) is 32.4 Å². The third-order valence-corrected chi connectivity index (χ3v) is 1.39. The molecule has 0 aromatic carbocycles. The molecule has 0 aliphatic heterocycles. The van der Waals surface area contributed by atoms with Crippen molar-refractivity contribution in [2.24, 2.45) is 0 Å². The standard InChI is InChI=1S/C9H20N2O3/c1-9(2,3)11-8(14)5-10-4-7(13)6-12/h7,10,12-13H,4-6H2,1-3H3,(H,11,14). The van der Waals surface area contributed by atoms with Crippen LogP contribution in [0.15, 0.2) is 0 Å². The molecule has 1 unspecified atom stereocenters. The van der Waals surface area contributed by atoms with Crippen molar-refractivity contribution in [1.82, 2.24) is 10.6 Å². The number of aliphatic hydroxyl groups is 2. The highest BCUT2D eigenvalue weighted by molar-refractivity contribution is 5.78. The molecule has 0 saturated carbocycles. The molecule has 0 spiro atoms. The second kappa shape index (κ2) is 5.95. The van der Waals surface area contributed by atoms with Crippen LogP contribution < -0.4 is 10.6 Å². The summed E-state index contributed by atoms with van der Waals surface area (Å²) in [6.45, 7) is 5.75. The molecule has 1 amide bonds. The van der Waals surface area contributed by atoms with Gasteiger partial charge >= 0.3 is 0 Å². The zero-order valence-corrected chi connectivity index (χ0v) is 9.00. The number of nitrogens with one attached hydrogen (secondary N) is 2. The molecule has 5 nitrogen and oxygen atoms in total. The van der Waals surface area contributed by atoms with Gasteiger partial charge in [-0.2, -0.15) is 0 Å². The van der Waals surface area contributed by atoms with Gasteiger partial charge in [0.2, 0.25) is 5.91 Å².